The summed E-state index contributed by atoms with van der Waals surface area (Å²) in [7, 11) is 3.11. The number of methoxy groups -OCH3 is 1. The Bertz CT molecular complexity index is 1100. The normalized spacial score (nSPS) is 17.9. The third-order valence-corrected chi connectivity index (χ3v) is 5.57. The fourth-order valence-corrected chi connectivity index (χ4v) is 3.93. The second-order valence-corrected chi connectivity index (χ2v) is 7.76. The van der Waals surface area contributed by atoms with E-state index in [1.54, 1.807) is 31.3 Å². The molecular weight excluding hydrogens is 421 g/mol. The first-order valence-corrected chi connectivity index (χ1v) is 10.1. The molecule has 1 amide bonds. The maximum absolute atomic E-state index is 13.9. The van der Waals surface area contributed by atoms with Crippen LogP contribution in [0.1, 0.15) is 40.0 Å². The van der Waals surface area contributed by atoms with Gasteiger partial charge in [-0.1, -0.05) is 42.5 Å². The molecule has 1 aliphatic heterocycles. The fraction of sp³-hybridized carbons (Fsp3) is 0.304. The number of carbonyl (C=O) groups is 1. The molecule has 2 aromatic carbocycles. The van der Waals surface area contributed by atoms with E-state index in [4.69, 9.17) is 4.74 Å². The number of anilines is 1. The fourth-order valence-electron chi connectivity index (χ4n) is 3.93. The monoisotopic (exact) mass is 444 g/mol. The largest absolute Gasteiger partial charge is 0.497 e. The number of fused-ring (bicyclic) bond motifs is 1. The molecule has 0 unspecified atom stereocenters. The van der Waals surface area contributed by atoms with Crippen LogP contribution in [0.4, 0.5) is 19.0 Å². The average molecular weight is 444 g/mol. The Morgan fingerprint density at radius 1 is 1.22 bits per heavy atom. The molecule has 1 aromatic heterocycles. The van der Waals surface area contributed by atoms with Gasteiger partial charge < -0.3 is 15.0 Å². The van der Waals surface area contributed by atoms with Gasteiger partial charge in [-0.05, 0) is 23.3 Å². The number of nitrogens with one attached hydrogen (secondary N) is 1. The van der Waals surface area contributed by atoms with Crippen LogP contribution in [-0.4, -0.2) is 40.9 Å². The predicted molar refractivity (Wildman–Crippen MR) is 114 cm³/mol. The molecule has 1 N–H and O–H groups in total. The molecule has 6 nitrogen and oxygen atoms in total. The Morgan fingerprint density at radius 2 is 1.97 bits per heavy atom. The summed E-state index contributed by atoms with van der Waals surface area (Å²) in [5.41, 5.74) is 1.66. The molecule has 4 rings (SSSR count). The highest BCUT2D eigenvalue weighted by Gasteiger charge is 2.47. The van der Waals surface area contributed by atoms with Gasteiger partial charge in [0.15, 0.2) is 6.04 Å². The highest BCUT2D eigenvalue weighted by atomic mass is 19.4. The number of alkyl halides is 3. The van der Waals surface area contributed by atoms with E-state index in [1.807, 2.05) is 30.3 Å². The van der Waals surface area contributed by atoms with E-state index in [1.165, 1.54) is 18.2 Å². The summed E-state index contributed by atoms with van der Waals surface area (Å²) in [5.74, 6) is 0.206. The maximum Gasteiger partial charge on any atom is 0.410 e. The van der Waals surface area contributed by atoms with Crippen LogP contribution in [0.2, 0.25) is 0 Å². The molecular formula is C23H23F3N4O2. The summed E-state index contributed by atoms with van der Waals surface area (Å²) in [6, 6.07) is 13.7. The topological polar surface area (TPSA) is 59.4 Å². The number of rotatable bonds is 5. The van der Waals surface area contributed by atoms with Crippen molar-refractivity contribution < 1.29 is 22.7 Å². The van der Waals surface area contributed by atoms with Gasteiger partial charge in [0.2, 0.25) is 0 Å². The molecule has 3 aromatic rings. The standard InChI is InChI=1S/C23H23F3N4O2/c1-29(14-15-7-4-3-5-8-15)22(31)18-13-27-30-20(23(24,25)26)12-19(28-21(18)30)16-9-6-10-17(11-16)32-2/h3-11,13,19-20,28H,12,14H2,1-2H3/t19-,20+/m0/s1. The molecule has 168 valence electrons. The summed E-state index contributed by atoms with van der Waals surface area (Å²) in [6.07, 6.45) is -3.56. The van der Waals surface area contributed by atoms with Crippen molar-refractivity contribution in [3.8, 4) is 5.75 Å². The quantitative estimate of drug-likeness (QED) is 0.613. The first-order valence-electron chi connectivity index (χ1n) is 10.1. The number of benzene rings is 2. The van der Waals surface area contributed by atoms with Gasteiger partial charge >= 0.3 is 6.18 Å². The van der Waals surface area contributed by atoms with Crippen molar-refractivity contribution in [3.63, 3.8) is 0 Å². The molecule has 0 saturated carbocycles. The van der Waals surface area contributed by atoms with E-state index in [0.29, 0.717) is 17.9 Å². The van der Waals surface area contributed by atoms with Gasteiger partial charge in [0.25, 0.3) is 5.91 Å². The Labute approximate surface area is 183 Å². The van der Waals surface area contributed by atoms with Crippen LogP contribution in [0.25, 0.3) is 0 Å². The van der Waals surface area contributed by atoms with Gasteiger partial charge in [-0.2, -0.15) is 18.3 Å². The van der Waals surface area contributed by atoms with Gasteiger partial charge in [0.05, 0.1) is 19.3 Å². The zero-order chi connectivity index (χ0) is 22.9. The summed E-state index contributed by atoms with van der Waals surface area (Å²) in [5, 5.41) is 7.05. The van der Waals surface area contributed by atoms with Crippen molar-refractivity contribution in [2.75, 3.05) is 19.5 Å². The molecule has 0 fully saturated rings. The first kappa shape index (κ1) is 21.7. The van der Waals surface area contributed by atoms with Crippen LogP contribution in [0.3, 0.4) is 0 Å². The van der Waals surface area contributed by atoms with Crippen molar-refractivity contribution in [3.05, 3.63) is 77.5 Å². The van der Waals surface area contributed by atoms with Gasteiger partial charge in [-0.15, -0.1) is 0 Å². The maximum atomic E-state index is 13.9. The van der Waals surface area contributed by atoms with Crippen LogP contribution in [0.15, 0.2) is 60.8 Å². The van der Waals surface area contributed by atoms with E-state index >= 15 is 0 Å². The van der Waals surface area contributed by atoms with E-state index in [0.717, 1.165) is 10.2 Å². The summed E-state index contributed by atoms with van der Waals surface area (Å²) in [4.78, 5) is 14.6. The summed E-state index contributed by atoms with van der Waals surface area (Å²) < 4.78 is 47.8. The Balaban J connectivity index is 1.67. The van der Waals surface area contributed by atoms with Crippen LogP contribution < -0.4 is 10.1 Å². The Morgan fingerprint density at radius 3 is 2.66 bits per heavy atom. The number of ether oxygens (including phenoxy) is 1. The highest BCUT2D eigenvalue weighted by molar-refractivity contribution is 5.98. The van der Waals surface area contributed by atoms with Crippen molar-refractivity contribution in [1.29, 1.82) is 0 Å². The molecule has 0 aliphatic carbocycles. The van der Waals surface area contributed by atoms with E-state index in [2.05, 4.69) is 10.4 Å². The first-order chi connectivity index (χ1) is 15.3. The van der Waals surface area contributed by atoms with Crippen LogP contribution in [0, 0.1) is 0 Å². The molecule has 0 bridgehead atoms. The van der Waals surface area contributed by atoms with Crippen molar-refractivity contribution in [2.24, 2.45) is 0 Å². The van der Waals surface area contributed by atoms with Crippen molar-refractivity contribution in [2.45, 2.75) is 31.2 Å². The molecule has 0 radical (unpaired) electrons. The van der Waals surface area contributed by atoms with Crippen LogP contribution in [0.5, 0.6) is 5.75 Å². The smallest absolute Gasteiger partial charge is 0.410 e. The third kappa shape index (κ3) is 4.28. The lowest BCUT2D eigenvalue weighted by Crippen LogP contribution is -2.36. The lowest BCUT2D eigenvalue weighted by atomic mass is 9.96. The van der Waals surface area contributed by atoms with Gasteiger partial charge in [0.1, 0.15) is 17.1 Å². The minimum absolute atomic E-state index is 0.0660. The van der Waals surface area contributed by atoms with Gasteiger partial charge in [-0.25, -0.2) is 4.68 Å². The minimum Gasteiger partial charge on any atom is -0.497 e. The lowest BCUT2D eigenvalue weighted by Gasteiger charge is -2.34. The average Bonchev–Trinajstić information content (AvgIpc) is 3.21. The molecule has 0 saturated heterocycles. The summed E-state index contributed by atoms with van der Waals surface area (Å²) >= 11 is 0. The molecule has 1 aliphatic rings. The molecule has 32 heavy (non-hydrogen) atoms. The predicted octanol–water partition coefficient (Wildman–Crippen LogP) is 4.82. The number of amides is 1. The van der Waals surface area contributed by atoms with E-state index in [-0.39, 0.29) is 17.8 Å². The van der Waals surface area contributed by atoms with E-state index < -0.39 is 24.2 Å². The van der Waals surface area contributed by atoms with E-state index in [9.17, 15) is 18.0 Å². The zero-order valence-electron chi connectivity index (χ0n) is 17.6. The number of hydrogen-bond donors (Lipinski definition) is 1. The minimum atomic E-state index is -4.52. The highest BCUT2D eigenvalue weighted by Crippen LogP contribution is 2.44. The number of halogens is 3. The molecule has 9 heteroatoms. The summed E-state index contributed by atoms with van der Waals surface area (Å²) in [6.45, 7) is 0.326. The van der Waals surface area contributed by atoms with Crippen molar-refractivity contribution >= 4 is 11.7 Å². The van der Waals surface area contributed by atoms with Gasteiger partial charge in [0, 0.05) is 20.0 Å². The lowest BCUT2D eigenvalue weighted by molar-refractivity contribution is -0.173. The molecule has 0 spiro atoms. The Kier molecular flexibility index (Phi) is 5.82. The van der Waals surface area contributed by atoms with Crippen molar-refractivity contribution in [1.82, 2.24) is 14.7 Å². The number of nitrogens with zero attached hydrogens (tertiary/aromatic N) is 3. The number of carbonyl (C=O) groups excluding carboxylic acids is 1. The third-order valence-electron chi connectivity index (χ3n) is 5.57. The number of aromatic nitrogens is 2. The second kappa shape index (κ2) is 8.57. The molecule has 2 atom stereocenters. The Hall–Kier alpha value is -3.49. The SMILES string of the molecule is COc1cccc([C@@H]2C[C@H](C(F)(F)F)n3ncc(C(=O)N(C)Cc4ccccc4)c3N2)c1. The van der Waals surface area contributed by atoms with Crippen LogP contribution >= 0.6 is 0 Å². The zero-order valence-corrected chi connectivity index (χ0v) is 17.6. The van der Waals surface area contributed by atoms with Crippen LogP contribution in [-0.2, 0) is 6.54 Å². The van der Waals surface area contributed by atoms with Gasteiger partial charge in [-0.3, -0.25) is 4.79 Å². The second-order valence-electron chi connectivity index (χ2n) is 7.76. The molecule has 2 heterocycles. The number of hydrogen-bond acceptors (Lipinski definition) is 4.